The summed E-state index contributed by atoms with van der Waals surface area (Å²) < 4.78 is 5.67. The molecular weight excluding hydrogens is 380 g/mol. The number of hydrogen-bond acceptors (Lipinski definition) is 4. The van der Waals surface area contributed by atoms with Crippen molar-refractivity contribution in [3.05, 3.63) is 64.0 Å². The summed E-state index contributed by atoms with van der Waals surface area (Å²) in [6.07, 6.45) is 4.01. The highest BCUT2D eigenvalue weighted by molar-refractivity contribution is 8.18. The maximum absolute atomic E-state index is 12.5. The summed E-state index contributed by atoms with van der Waals surface area (Å²) in [5.74, 6) is 0.767. The Morgan fingerprint density at radius 1 is 1.19 bits per heavy atom. The van der Waals surface area contributed by atoms with E-state index in [-0.39, 0.29) is 5.91 Å². The van der Waals surface area contributed by atoms with E-state index >= 15 is 0 Å². The van der Waals surface area contributed by atoms with E-state index in [2.05, 4.69) is 11.9 Å². The zero-order valence-corrected chi connectivity index (χ0v) is 16.9. The van der Waals surface area contributed by atoms with E-state index in [1.165, 1.54) is 11.8 Å². The first-order chi connectivity index (χ1) is 13.1. The van der Waals surface area contributed by atoms with Gasteiger partial charge in [0.1, 0.15) is 5.75 Å². The molecule has 1 saturated heterocycles. The molecule has 1 aliphatic heterocycles. The largest absolute Gasteiger partial charge is 0.494 e. The first-order valence-electron chi connectivity index (χ1n) is 8.82. The summed E-state index contributed by atoms with van der Waals surface area (Å²) in [6, 6.07) is 15.1. The smallest absolute Gasteiger partial charge is 0.266 e. The lowest BCUT2D eigenvalue weighted by Crippen LogP contribution is -2.23. The molecule has 140 valence electrons. The lowest BCUT2D eigenvalue weighted by atomic mass is 10.2. The van der Waals surface area contributed by atoms with E-state index < -0.39 is 0 Å². The Kier molecular flexibility index (Phi) is 6.58. The second-order valence-corrected chi connectivity index (χ2v) is 7.51. The maximum atomic E-state index is 12.5. The molecule has 0 saturated carbocycles. The Bertz CT molecular complexity index is 878. The SMILES string of the molecule is CCCCOc1ccc(/C=C2/SC(=Nc3ccccc3Cl)N(C)C2=O)cc1. The van der Waals surface area contributed by atoms with E-state index in [1.54, 1.807) is 18.0 Å². The van der Waals surface area contributed by atoms with E-state index in [0.717, 1.165) is 30.8 Å². The van der Waals surface area contributed by atoms with Crippen LogP contribution >= 0.6 is 23.4 Å². The number of thioether (sulfide) groups is 1. The van der Waals surface area contributed by atoms with Gasteiger partial charge in [-0.05, 0) is 54.1 Å². The number of hydrogen-bond donors (Lipinski definition) is 0. The second-order valence-electron chi connectivity index (χ2n) is 6.09. The highest BCUT2D eigenvalue weighted by atomic mass is 35.5. The molecule has 1 aliphatic rings. The van der Waals surface area contributed by atoms with Crippen molar-refractivity contribution in [1.29, 1.82) is 0 Å². The average Bonchev–Trinajstić information content (AvgIpc) is 2.93. The summed E-state index contributed by atoms with van der Waals surface area (Å²) in [6.45, 7) is 2.85. The molecule has 2 aromatic carbocycles. The number of benzene rings is 2. The van der Waals surface area contributed by atoms with Gasteiger partial charge in [-0.15, -0.1) is 0 Å². The average molecular weight is 401 g/mol. The molecule has 1 heterocycles. The van der Waals surface area contributed by atoms with Gasteiger partial charge in [-0.2, -0.15) is 0 Å². The van der Waals surface area contributed by atoms with Crippen LogP contribution in [0.5, 0.6) is 5.75 Å². The summed E-state index contributed by atoms with van der Waals surface area (Å²) in [4.78, 5) is 19.2. The molecule has 0 spiro atoms. The number of carbonyl (C=O) groups is 1. The molecule has 2 aromatic rings. The molecule has 0 aliphatic carbocycles. The highest BCUT2D eigenvalue weighted by Gasteiger charge is 2.30. The van der Waals surface area contributed by atoms with Crippen LogP contribution in [0.25, 0.3) is 6.08 Å². The fraction of sp³-hybridized carbons (Fsp3) is 0.238. The third kappa shape index (κ3) is 4.93. The van der Waals surface area contributed by atoms with Crippen LogP contribution in [0.1, 0.15) is 25.3 Å². The number of unbranched alkanes of at least 4 members (excludes halogenated alkanes) is 1. The number of carbonyl (C=O) groups excluding carboxylic acids is 1. The number of rotatable bonds is 6. The van der Waals surface area contributed by atoms with Gasteiger partial charge in [0.2, 0.25) is 0 Å². The topological polar surface area (TPSA) is 41.9 Å². The molecule has 0 N–H and O–H groups in total. The van der Waals surface area contributed by atoms with Crippen LogP contribution in [0.3, 0.4) is 0 Å². The molecule has 0 radical (unpaired) electrons. The predicted octanol–water partition coefficient (Wildman–Crippen LogP) is 5.75. The molecule has 6 heteroatoms. The van der Waals surface area contributed by atoms with E-state index in [4.69, 9.17) is 16.3 Å². The zero-order chi connectivity index (χ0) is 19.2. The molecular formula is C21H21ClN2O2S. The van der Waals surface area contributed by atoms with Gasteiger partial charge in [-0.3, -0.25) is 9.69 Å². The van der Waals surface area contributed by atoms with Gasteiger partial charge < -0.3 is 4.74 Å². The Morgan fingerprint density at radius 2 is 1.93 bits per heavy atom. The fourth-order valence-electron chi connectivity index (χ4n) is 2.44. The lowest BCUT2D eigenvalue weighted by molar-refractivity contribution is -0.121. The van der Waals surface area contributed by atoms with Gasteiger partial charge in [0.25, 0.3) is 5.91 Å². The van der Waals surface area contributed by atoms with Crippen LogP contribution in [0, 0.1) is 0 Å². The first-order valence-corrected chi connectivity index (χ1v) is 10.0. The number of para-hydroxylation sites is 1. The first kappa shape index (κ1) is 19.5. The number of likely N-dealkylation sites (N-methyl/N-ethyl adjacent to an activating group) is 1. The van der Waals surface area contributed by atoms with Crippen molar-refractivity contribution >= 4 is 46.2 Å². The van der Waals surface area contributed by atoms with Gasteiger partial charge in [-0.1, -0.05) is 49.2 Å². The number of aliphatic imine (C=N–C) groups is 1. The van der Waals surface area contributed by atoms with Crippen LogP contribution in [0.15, 0.2) is 58.4 Å². The van der Waals surface area contributed by atoms with E-state index in [9.17, 15) is 4.79 Å². The Labute approximate surface area is 168 Å². The molecule has 0 unspecified atom stereocenters. The summed E-state index contributed by atoms with van der Waals surface area (Å²) in [7, 11) is 1.72. The third-order valence-corrected chi connectivity index (χ3v) is 5.40. The van der Waals surface area contributed by atoms with Gasteiger partial charge >= 0.3 is 0 Å². The van der Waals surface area contributed by atoms with Crippen molar-refractivity contribution in [2.45, 2.75) is 19.8 Å². The monoisotopic (exact) mass is 400 g/mol. The van der Waals surface area contributed by atoms with Crippen molar-refractivity contribution in [3.63, 3.8) is 0 Å². The number of nitrogens with zero attached hydrogens (tertiary/aromatic N) is 2. The minimum atomic E-state index is -0.0749. The van der Waals surface area contributed by atoms with Crippen molar-refractivity contribution in [3.8, 4) is 5.75 Å². The number of halogens is 1. The van der Waals surface area contributed by atoms with Crippen molar-refractivity contribution < 1.29 is 9.53 Å². The summed E-state index contributed by atoms with van der Waals surface area (Å²) in [5.41, 5.74) is 1.59. The molecule has 3 rings (SSSR count). The Hall–Kier alpha value is -2.24. The van der Waals surface area contributed by atoms with Crippen LogP contribution in [-0.4, -0.2) is 29.6 Å². The number of amides is 1. The molecule has 0 bridgehead atoms. The minimum Gasteiger partial charge on any atom is -0.494 e. The maximum Gasteiger partial charge on any atom is 0.266 e. The third-order valence-electron chi connectivity index (χ3n) is 4.02. The summed E-state index contributed by atoms with van der Waals surface area (Å²) >= 11 is 7.51. The Balaban J connectivity index is 1.75. The standard InChI is InChI=1S/C21H21ClN2O2S/c1-3-4-13-26-16-11-9-15(10-12-16)14-19-20(25)24(2)21(27-19)23-18-8-6-5-7-17(18)22/h5-12,14H,3-4,13H2,1-2H3/b19-14+,23-21?. The van der Waals surface area contributed by atoms with Crippen molar-refractivity contribution in [2.24, 2.45) is 4.99 Å². The fourth-order valence-corrected chi connectivity index (χ4v) is 3.60. The van der Waals surface area contributed by atoms with Crippen LogP contribution in [0.4, 0.5) is 5.69 Å². The van der Waals surface area contributed by atoms with Crippen LogP contribution in [-0.2, 0) is 4.79 Å². The van der Waals surface area contributed by atoms with Gasteiger partial charge in [-0.25, -0.2) is 4.99 Å². The number of ether oxygens (including phenoxy) is 1. The predicted molar refractivity (Wildman–Crippen MR) is 114 cm³/mol. The van der Waals surface area contributed by atoms with E-state index in [1.807, 2.05) is 48.5 Å². The summed E-state index contributed by atoms with van der Waals surface area (Å²) in [5, 5.41) is 1.17. The second kappa shape index (κ2) is 9.11. The lowest BCUT2D eigenvalue weighted by Gasteiger charge is -2.07. The molecule has 27 heavy (non-hydrogen) atoms. The van der Waals surface area contributed by atoms with E-state index in [0.29, 0.717) is 20.8 Å². The molecule has 0 aromatic heterocycles. The highest BCUT2D eigenvalue weighted by Crippen LogP contribution is 2.34. The van der Waals surface area contributed by atoms with Crippen molar-refractivity contribution in [1.82, 2.24) is 4.90 Å². The van der Waals surface area contributed by atoms with Crippen LogP contribution < -0.4 is 4.74 Å². The minimum absolute atomic E-state index is 0.0749. The molecule has 1 amide bonds. The van der Waals surface area contributed by atoms with Gasteiger partial charge in [0, 0.05) is 7.05 Å². The van der Waals surface area contributed by atoms with Gasteiger partial charge in [0.05, 0.1) is 22.2 Å². The molecule has 4 nitrogen and oxygen atoms in total. The molecule has 1 fully saturated rings. The van der Waals surface area contributed by atoms with Crippen molar-refractivity contribution in [2.75, 3.05) is 13.7 Å². The quantitative estimate of drug-likeness (QED) is 0.457. The Morgan fingerprint density at radius 3 is 2.63 bits per heavy atom. The zero-order valence-electron chi connectivity index (χ0n) is 15.3. The van der Waals surface area contributed by atoms with Crippen LogP contribution in [0.2, 0.25) is 5.02 Å². The van der Waals surface area contributed by atoms with Gasteiger partial charge in [0.15, 0.2) is 5.17 Å². The molecule has 0 atom stereocenters. The normalized spacial score (nSPS) is 17.1. The number of amidine groups is 1.